The van der Waals surface area contributed by atoms with Gasteiger partial charge in [-0.1, -0.05) is 38.1 Å². The highest BCUT2D eigenvalue weighted by molar-refractivity contribution is 5.94. The molecule has 1 aliphatic rings. The van der Waals surface area contributed by atoms with Crippen LogP contribution in [-0.4, -0.2) is 50.6 Å². The number of methoxy groups -OCH3 is 2. The predicted octanol–water partition coefficient (Wildman–Crippen LogP) is 3.87. The first-order valence-electron chi connectivity index (χ1n) is 11.5. The van der Waals surface area contributed by atoms with Crippen molar-refractivity contribution in [3.63, 3.8) is 0 Å². The van der Waals surface area contributed by atoms with E-state index in [0.29, 0.717) is 31.1 Å². The van der Waals surface area contributed by atoms with Gasteiger partial charge in [-0.15, -0.1) is 0 Å². The summed E-state index contributed by atoms with van der Waals surface area (Å²) in [5, 5.41) is 6.16. The van der Waals surface area contributed by atoms with Gasteiger partial charge in [0.1, 0.15) is 11.5 Å². The molecule has 1 atom stereocenters. The molecule has 178 valence electrons. The van der Waals surface area contributed by atoms with E-state index in [4.69, 9.17) is 9.47 Å². The topological polar surface area (TPSA) is 79.9 Å². The van der Waals surface area contributed by atoms with E-state index in [1.165, 1.54) is 0 Å². The van der Waals surface area contributed by atoms with Crippen molar-refractivity contribution in [1.29, 1.82) is 0 Å². The number of carbonyl (C=O) groups excluding carboxylic acids is 2. The molecule has 33 heavy (non-hydrogen) atoms. The maximum Gasteiger partial charge on any atom is 0.234 e. The molecule has 0 radical (unpaired) electrons. The van der Waals surface area contributed by atoms with E-state index < -0.39 is 0 Å². The van der Waals surface area contributed by atoms with Crippen LogP contribution in [0.25, 0.3) is 0 Å². The van der Waals surface area contributed by atoms with Gasteiger partial charge in [0.25, 0.3) is 0 Å². The number of anilines is 1. The molecular formula is C26H35N3O4. The van der Waals surface area contributed by atoms with Crippen molar-refractivity contribution < 1.29 is 19.1 Å². The lowest BCUT2D eigenvalue weighted by Crippen LogP contribution is -2.44. The molecule has 1 heterocycles. The average Bonchev–Trinajstić information content (AvgIpc) is 2.83. The lowest BCUT2D eigenvalue weighted by Gasteiger charge is -2.31. The van der Waals surface area contributed by atoms with Crippen LogP contribution in [0.5, 0.6) is 11.5 Å². The molecule has 2 aromatic carbocycles. The second kappa shape index (κ2) is 11.7. The summed E-state index contributed by atoms with van der Waals surface area (Å²) in [6, 6.07) is 15.2. The van der Waals surface area contributed by atoms with Gasteiger partial charge in [0.05, 0.1) is 32.5 Å². The van der Waals surface area contributed by atoms with Gasteiger partial charge in [0, 0.05) is 5.92 Å². The molecule has 2 N–H and O–H groups in total. The van der Waals surface area contributed by atoms with Crippen molar-refractivity contribution in [3.8, 4) is 11.5 Å². The fourth-order valence-electron chi connectivity index (χ4n) is 4.20. The Bertz CT molecular complexity index is 921. The first kappa shape index (κ1) is 24.6. The summed E-state index contributed by atoms with van der Waals surface area (Å²) in [6.07, 6.45) is 1.45. The number of nitrogens with one attached hydrogen (secondary N) is 2. The van der Waals surface area contributed by atoms with Gasteiger partial charge in [-0.3, -0.25) is 14.5 Å². The molecule has 1 aliphatic heterocycles. The molecule has 7 heteroatoms. The molecular weight excluding hydrogens is 418 g/mol. The Morgan fingerprint density at radius 3 is 2.27 bits per heavy atom. The summed E-state index contributed by atoms with van der Waals surface area (Å²) >= 11 is 0. The molecule has 7 nitrogen and oxygen atoms in total. The van der Waals surface area contributed by atoms with Crippen molar-refractivity contribution >= 4 is 17.5 Å². The zero-order valence-electron chi connectivity index (χ0n) is 20.0. The van der Waals surface area contributed by atoms with Gasteiger partial charge >= 0.3 is 0 Å². The third-order valence-corrected chi connectivity index (χ3v) is 6.15. The van der Waals surface area contributed by atoms with Crippen LogP contribution in [0.4, 0.5) is 5.69 Å². The number of benzene rings is 2. The van der Waals surface area contributed by atoms with E-state index in [-0.39, 0.29) is 29.7 Å². The third kappa shape index (κ3) is 6.71. The highest BCUT2D eigenvalue weighted by Gasteiger charge is 2.27. The average molecular weight is 454 g/mol. The van der Waals surface area contributed by atoms with Gasteiger partial charge in [0.2, 0.25) is 11.8 Å². The Kier molecular flexibility index (Phi) is 8.72. The summed E-state index contributed by atoms with van der Waals surface area (Å²) in [5.41, 5.74) is 1.75. The molecule has 0 spiro atoms. The minimum absolute atomic E-state index is 0.00133. The normalized spacial score (nSPS) is 15.7. The number of amides is 2. The number of hydrogen-bond donors (Lipinski definition) is 2. The van der Waals surface area contributed by atoms with E-state index in [1.54, 1.807) is 14.2 Å². The fourth-order valence-corrected chi connectivity index (χ4v) is 4.20. The Morgan fingerprint density at radius 2 is 1.67 bits per heavy atom. The molecule has 1 unspecified atom stereocenters. The van der Waals surface area contributed by atoms with Crippen molar-refractivity contribution in [1.82, 2.24) is 10.2 Å². The molecule has 0 saturated carbocycles. The molecule has 0 aliphatic carbocycles. The van der Waals surface area contributed by atoms with Gasteiger partial charge in [-0.2, -0.15) is 0 Å². The van der Waals surface area contributed by atoms with E-state index in [1.807, 2.05) is 48.5 Å². The predicted molar refractivity (Wildman–Crippen MR) is 130 cm³/mol. The van der Waals surface area contributed by atoms with Crippen LogP contribution in [0.15, 0.2) is 48.5 Å². The lowest BCUT2D eigenvalue weighted by atomic mass is 9.95. The van der Waals surface area contributed by atoms with Crippen LogP contribution < -0.4 is 20.1 Å². The molecule has 1 fully saturated rings. The second-order valence-corrected chi connectivity index (χ2v) is 8.80. The minimum Gasteiger partial charge on any atom is -0.497 e. The maximum atomic E-state index is 12.8. The van der Waals surface area contributed by atoms with Crippen molar-refractivity contribution in [2.45, 2.75) is 32.7 Å². The fraction of sp³-hybridized carbons (Fsp3) is 0.462. The number of ether oxygens (including phenoxy) is 2. The molecule has 3 rings (SSSR count). The van der Waals surface area contributed by atoms with Gasteiger partial charge in [0.15, 0.2) is 0 Å². The van der Waals surface area contributed by atoms with Crippen LogP contribution in [0, 0.1) is 11.8 Å². The van der Waals surface area contributed by atoms with Gasteiger partial charge < -0.3 is 20.1 Å². The Hall–Kier alpha value is -3.06. The third-order valence-electron chi connectivity index (χ3n) is 6.15. The highest BCUT2D eigenvalue weighted by Crippen LogP contribution is 2.26. The van der Waals surface area contributed by atoms with Crippen molar-refractivity contribution in [2.24, 2.45) is 11.8 Å². The Morgan fingerprint density at radius 1 is 1.00 bits per heavy atom. The Balaban J connectivity index is 1.49. The van der Waals surface area contributed by atoms with Crippen molar-refractivity contribution in [3.05, 3.63) is 54.1 Å². The number of piperidine rings is 1. The van der Waals surface area contributed by atoms with Gasteiger partial charge in [-0.25, -0.2) is 0 Å². The highest BCUT2D eigenvalue weighted by atomic mass is 16.5. The molecule has 1 saturated heterocycles. The smallest absolute Gasteiger partial charge is 0.234 e. The number of likely N-dealkylation sites (tertiary alicyclic amines) is 1. The zero-order chi connectivity index (χ0) is 23.8. The van der Waals surface area contributed by atoms with Crippen molar-refractivity contribution in [2.75, 3.05) is 39.2 Å². The number of nitrogens with zero attached hydrogens (tertiary/aromatic N) is 1. The number of hydrogen-bond acceptors (Lipinski definition) is 5. The first-order valence-corrected chi connectivity index (χ1v) is 11.5. The lowest BCUT2D eigenvalue weighted by molar-refractivity contribution is -0.124. The van der Waals surface area contributed by atoms with Crippen LogP contribution in [0.3, 0.4) is 0 Å². The Labute approximate surface area is 196 Å². The molecule has 2 amide bonds. The standard InChI is InChI=1S/C26H35N3O4/c1-18(2)25(19-9-11-21(32-3)12-10-19)28-24(30)17-29-15-13-20(14-16-29)26(31)27-22-7-5-6-8-23(22)33-4/h5-12,18,20,25H,13-17H2,1-4H3,(H,27,31)(H,28,30). The SMILES string of the molecule is COc1ccc(C(NC(=O)CN2CCC(C(=O)Nc3ccccc3OC)CC2)C(C)C)cc1. The van der Waals surface area contributed by atoms with E-state index in [0.717, 1.165) is 24.2 Å². The van der Waals surface area contributed by atoms with Crippen LogP contribution >= 0.6 is 0 Å². The van der Waals surface area contributed by atoms with E-state index >= 15 is 0 Å². The van der Waals surface area contributed by atoms with Crippen LogP contribution in [-0.2, 0) is 9.59 Å². The summed E-state index contributed by atoms with van der Waals surface area (Å²) in [5.74, 6) is 1.63. The minimum atomic E-state index is -0.0723. The first-order chi connectivity index (χ1) is 15.9. The molecule has 0 bridgehead atoms. The summed E-state index contributed by atoms with van der Waals surface area (Å²) in [7, 11) is 3.23. The molecule has 0 aromatic heterocycles. The summed E-state index contributed by atoms with van der Waals surface area (Å²) in [4.78, 5) is 27.6. The van der Waals surface area contributed by atoms with Crippen LogP contribution in [0.2, 0.25) is 0 Å². The summed E-state index contributed by atoms with van der Waals surface area (Å²) < 4.78 is 10.5. The maximum absolute atomic E-state index is 12.8. The van der Waals surface area contributed by atoms with E-state index in [9.17, 15) is 9.59 Å². The van der Waals surface area contributed by atoms with E-state index in [2.05, 4.69) is 29.4 Å². The van der Waals surface area contributed by atoms with Gasteiger partial charge in [-0.05, 0) is 61.7 Å². The molecule has 2 aromatic rings. The number of carbonyl (C=O) groups is 2. The number of rotatable bonds is 9. The zero-order valence-corrected chi connectivity index (χ0v) is 20.0. The summed E-state index contributed by atoms with van der Waals surface area (Å²) in [6.45, 7) is 5.96. The van der Waals surface area contributed by atoms with Crippen LogP contribution in [0.1, 0.15) is 38.3 Å². The largest absolute Gasteiger partial charge is 0.497 e. The number of para-hydroxylation sites is 2. The second-order valence-electron chi connectivity index (χ2n) is 8.80. The quantitative estimate of drug-likeness (QED) is 0.603. The monoisotopic (exact) mass is 453 g/mol.